The number of methoxy groups -OCH3 is 1. The maximum atomic E-state index is 5.66. The summed E-state index contributed by atoms with van der Waals surface area (Å²) in [6.45, 7) is 8.72. The monoisotopic (exact) mass is 362 g/mol. The first-order valence-electron chi connectivity index (χ1n) is 9.59. The molecule has 0 fully saturated rings. The summed E-state index contributed by atoms with van der Waals surface area (Å²) < 4.78 is 5.66. The second-order valence-corrected chi connectivity index (χ2v) is 8.27. The van der Waals surface area contributed by atoms with E-state index in [1.165, 1.54) is 11.1 Å². The van der Waals surface area contributed by atoms with E-state index in [1.54, 1.807) is 7.11 Å². The molecule has 2 aromatic carbocycles. The minimum atomic E-state index is -0.00976. The van der Waals surface area contributed by atoms with Crippen LogP contribution in [-0.2, 0) is 4.74 Å². The molecule has 142 valence electrons. The molecule has 0 saturated carbocycles. The van der Waals surface area contributed by atoms with Gasteiger partial charge in [-0.25, -0.2) is 4.99 Å². The molecule has 0 aliphatic carbocycles. The molecule has 0 unspecified atom stereocenters. The highest BCUT2D eigenvalue weighted by Crippen LogP contribution is 2.32. The summed E-state index contributed by atoms with van der Waals surface area (Å²) in [7, 11) is 1.71. The van der Waals surface area contributed by atoms with Gasteiger partial charge in [-0.05, 0) is 44.9 Å². The SMILES string of the molecule is COC1=NC(c2ccc(C)cc2)=C[C@H](NC(C)(C)C)[C@@H](c2ccccc2)C1. The van der Waals surface area contributed by atoms with Gasteiger partial charge in [-0.3, -0.25) is 0 Å². The normalized spacial score (nSPS) is 20.5. The van der Waals surface area contributed by atoms with Crippen LogP contribution in [0, 0.1) is 6.92 Å². The second-order valence-electron chi connectivity index (χ2n) is 8.27. The maximum absolute atomic E-state index is 5.66. The van der Waals surface area contributed by atoms with Crippen molar-refractivity contribution in [2.24, 2.45) is 4.99 Å². The third-order valence-electron chi connectivity index (χ3n) is 4.82. The van der Waals surface area contributed by atoms with Crippen LogP contribution >= 0.6 is 0 Å². The largest absolute Gasteiger partial charge is 0.484 e. The van der Waals surface area contributed by atoms with Crippen molar-refractivity contribution in [2.45, 2.75) is 51.6 Å². The van der Waals surface area contributed by atoms with E-state index in [-0.39, 0.29) is 17.5 Å². The van der Waals surface area contributed by atoms with Crippen LogP contribution < -0.4 is 5.32 Å². The molecule has 3 heteroatoms. The van der Waals surface area contributed by atoms with Gasteiger partial charge in [0.15, 0.2) is 5.90 Å². The first-order chi connectivity index (χ1) is 12.9. The van der Waals surface area contributed by atoms with Gasteiger partial charge in [0.1, 0.15) is 0 Å². The fraction of sp³-hybridized carbons (Fsp3) is 0.375. The zero-order valence-electron chi connectivity index (χ0n) is 17.0. The number of benzene rings is 2. The molecule has 0 aromatic heterocycles. The van der Waals surface area contributed by atoms with Gasteiger partial charge < -0.3 is 10.1 Å². The lowest BCUT2D eigenvalue weighted by molar-refractivity contribution is 0.345. The van der Waals surface area contributed by atoms with E-state index >= 15 is 0 Å². The zero-order chi connectivity index (χ0) is 19.4. The number of ether oxygens (including phenoxy) is 1. The lowest BCUT2D eigenvalue weighted by Gasteiger charge is -2.32. The van der Waals surface area contributed by atoms with Crippen molar-refractivity contribution in [3.63, 3.8) is 0 Å². The molecule has 1 aliphatic rings. The van der Waals surface area contributed by atoms with Crippen LogP contribution in [0.2, 0.25) is 0 Å². The molecule has 0 spiro atoms. The summed E-state index contributed by atoms with van der Waals surface area (Å²) >= 11 is 0. The Bertz CT molecular complexity index is 814. The molecule has 0 radical (unpaired) electrons. The summed E-state index contributed by atoms with van der Waals surface area (Å²) in [6, 6.07) is 19.3. The summed E-state index contributed by atoms with van der Waals surface area (Å²) in [4.78, 5) is 4.87. The Kier molecular flexibility index (Phi) is 5.81. The summed E-state index contributed by atoms with van der Waals surface area (Å²) in [5, 5.41) is 3.80. The number of nitrogens with zero attached hydrogens (tertiary/aromatic N) is 1. The highest BCUT2D eigenvalue weighted by Gasteiger charge is 2.30. The summed E-state index contributed by atoms with van der Waals surface area (Å²) in [5.41, 5.74) is 4.61. The minimum absolute atomic E-state index is 0.00976. The van der Waals surface area contributed by atoms with Gasteiger partial charge in [0.2, 0.25) is 0 Å². The van der Waals surface area contributed by atoms with Crippen LogP contribution in [0.15, 0.2) is 65.7 Å². The van der Waals surface area contributed by atoms with Crippen molar-refractivity contribution in [3.05, 3.63) is 77.4 Å². The van der Waals surface area contributed by atoms with E-state index in [9.17, 15) is 0 Å². The highest BCUT2D eigenvalue weighted by atomic mass is 16.5. The van der Waals surface area contributed by atoms with Crippen molar-refractivity contribution >= 4 is 11.6 Å². The first kappa shape index (κ1) is 19.4. The molecule has 2 atom stereocenters. The maximum Gasteiger partial charge on any atom is 0.188 e. The third-order valence-corrected chi connectivity index (χ3v) is 4.82. The lowest BCUT2D eigenvalue weighted by atomic mass is 9.86. The van der Waals surface area contributed by atoms with Crippen LogP contribution in [0.3, 0.4) is 0 Å². The average molecular weight is 363 g/mol. The van der Waals surface area contributed by atoms with E-state index in [4.69, 9.17) is 9.73 Å². The van der Waals surface area contributed by atoms with Crippen LogP contribution in [0.25, 0.3) is 5.70 Å². The number of hydrogen-bond acceptors (Lipinski definition) is 3. The van der Waals surface area contributed by atoms with Crippen LogP contribution in [-0.4, -0.2) is 24.6 Å². The van der Waals surface area contributed by atoms with Crippen LogP contribution in [0.1, 0.15) is 49.8 Å². The molecule has 3 nitrogen and oxygen atoms in total. The molecule has 1 aliphatic heterocycles. The number of hydrogen-bond donors (Lipinski definition) is 1. The van der Waals surface area contributed by atoms with E-state index < -0.39 is 0 Å². The van der Waals surface area contributed by atoms with Crippen molar-refractivity contribution in [3.8, 4) is 0 Å². The zero-order valence-corrected chi connectivity index (χ0v) is 17.0. The predicted octanol–water partition coefficient (Wildman–Crippen LogP) is 5.33. The van der Waals surface area contributed by atoms with Gasteiger partial charge >= 0.3 is 0 Å². The number of rotatable bonds is 3. The number of aryl methyl sites for hydroxylation is 1. The Morgan fingerprint density at radius 2 is 1.67 bits per heavy atom. The van der Waals surface area contributed by atoms with Crippen molar-refractivity contribution in [1.29, 1.82) is 0 Å². The first-order valence-corrected chi connectivity index (χ1v) is 9.59. The van der Waals surface area contributed by atoms with Crippen molar-refractivity contribution in [1.82, 2.24) is 5.32 Å². The van der Waals surface area contributed by atoms with Gasteiger partial charge in [-0.2, -0.15) is 0 Å². The molecular weight excluding hydrogens is 332 g/mol. The predicted molar refractivity (Wildman–Crippen MR) is 114 cm³/mol. The van der Waals surface area contributed by atoms with Crippen LogP contribution in [0.5, 0.6) is 0 Å². The molecule has 0 bridgehead atoms. The molecule has 0 saturated heterocycles. The summed E-state index contributed by atoms with van der Waals surface area (Å²) in [6.07, 6.45) is 3.03. The molecule has 3 rings (SSSR count). The molecular formula is C24H30N2O. The Labute approximate surface area is 163 Å². The second kappa shape index (κ2) is 8.10. The van der Waals surface area contributed by atoms with E-state index in [0.717, 1.165) is 23.6 Å². The van der Waals surface area contributed by atoms with Gasteiger partial charge in [-0.1, -0.05) is 60.2 Å². The average Bonchev–Trinajstić information content (AvgIpc) is 2.81. The fourth-order valence-electron chi connectivity index (χ4n) is 3.50. The molecule has 1 N–H and O–H groups in total. The third kappa shape index (κ3) is 5.08. The van der Waals surface area contributed by atoms with Gasteiger partial charge in [0, 0.05) is 23.9 Å². The molecule has 2 aromatic rings. The van der Waals surface area contributed by atoms with E-state index in [2.05, 4.69) is 93.7 Å². The summed E-state index contributed by atoms with van der Waals surface area (Å²) in [5.74, 6) is 1.03. The quantitative estimate of drug-likeness (QED) is 0.801. The number of nitrogens with one attached hydrogen (secondary N) is 1. The Hall–Kier alpha value is -2.39. The smallest absolute Gasteiger partial charge is 0.188 e. The van der Waals surface area contributed by atoms with Gasteiger partial charge in [0.25, 0.3) is 0 Å². The lowest BCUT2D eigenvalue weighted by Crippen LogP contribution is -2.45. The Morgan fingerprint density at radius 1 is 1.00 bits per heavy atom. The standard InChI is InChI=1S/C24H30N2O/c1-17-11-13-19(14-12-17)21-16-22(26-24(2,3)4)20(15-23(25-21)27-5)18-9-7-6-8-10-18/h6-14,16,20,22,26H,15H2,1-5H3/t20-,22+/m1/s1. The van der Waals surface area contributed by atoms with Crippen molar-refractivity contribution < 1.29 is 4.74 Å². The van der Waals surface area contributed by atoms with E-state index in [0.29, 0.717) is 0 Å². The number of aliphatic imine (C=N–C) groups is 1. The molecule has 27 heavy (non-hydrogen) atoms. The van der Waals surface area contributed by atoms with E-state index in [1.807, 2.05) is 0 Å². The topological polar surface area (TPSA) is 33.6 Å². The molecule has 1 heterocycles. The highest BCUT2D eigenvalue weighted by molar-refractivity contribution is 5.85. The Morgan fingerprint density at radius 3 is 2.26 bits per heavy atom. The van der Waals surface area contributed by atoms with Crippen molar-refractivity contribution in [2.75, 3.05) is 7.11 Å². The Balaban J connectivity index is 2.07. The van der Waals surface area contributed by atoms with Gasteiger partial charge in [-0.15, -0.1) is 0 Å². The van der Waals surface area contributed by atoms with Gasteiger partial charge in [0.05, 0.1) is 12.8 Å². The molecule has 0 amide bonds. The minimum Gasteiger partial charge on any atom is -0.484 e. The van der Waals surface area contributed by atoms with Crippen LogP contribution in [0.4, 0.5) is 0 Å². The fourth-order valence-corrected chi connectivity index (χ4v) is 3.50.